The lowest BCUT2D eigenvalue weighted by atomic mass is 10.0. The van der Waals surface area contributed by atoms with Crippen LogP contribution in [0, 0.1) is 0 Å². The first kappa shape index (κ1) is 43.7. The van der Waals surface area contributed by atoms with Crippen molar-refractivity contribution in [2.75, 3.05) is 0 Å². The maximum atomic E-state index is 12.4. The predicted molar refractivity (Wildman–Crippen MR) is 195 cm³/mol. The first-order valence-corrected chi connectivity index (χ1v) is 20.2. The molecule has 0 saturated heterocycles. The van der Waals surface area contributed by atoms with Gasteiger partial charge >= 0.3 is 11.9 Å². The zero-order chi connectivity index (χ0) is 32.9. The van der Waals surface area contributed by atoms with E-state index in [2.05, 4.69) is 26.0 Å². The van der Waals surface area contributed by atoms with Gasteiger partial charge in [0.25, 0.3) is 0 Å². The van der Waals surface area contributed by atoms with Crippen molar-refractivity contribution in [3.05, 3.63) is 12.2 Å². The number of rotatable bonds is 37. The highest BCUT2D eigenvalue weighted by Gasteiger charge is 2.13. The summed E-state index contributed by atoms with van der Waals surface area (Å²) in [7, 11) is 0. The number of aliphatic carboxylic acids is 1. The average molecular weight is 635 g/mol. The van der Waals surface area contributed by atoms with Gasteiger partial charge in [-0.25, -0.2) is 0 Å². The number of carbonyl (C=O) groups excluding carboxylic acids is 1. The smallest absolute Gasteiger partial charge is 0.306 e. The van der Waals surface area contributed by atoms with E-state index in [0.29, 0.717) is 12.8 Å². The van der Waals surface area contributed by atoms with Crippen LogP contribution in [0.4, 0.5) is 0 Å². The molecule has 0 aliphatic carbocycles. The minimum Gasteiger partial charge on any atom is -0.481 e. The highest BCUT2D eigenvalue weighted by atomic mass is 16.5. The standard InChI is InChI=1S/C41H78O4/c1-3-5-6-7-8-9-10-11-19-22-25-28-31-34-38-41(44)45-39(35-4-2)36-32-29-26-23-20-17-15-13-12-14-16-18-21-24-27-30-33-37-40(42)43/h9-10,39H,3-8,11-38H2,1-2H3,(H,42,43)/b10-9-. The molecule has 0 radical (unpaired) electrons. The van der Waals surface area contributed by atoms with Crippen LogP contribution in [-0.4, -0.2) is 23.1 Å². The molecule has 0 heterocycles. The van der Waals surface area contributed by atoms with Crippen LogP contribution in [-0.2, 0) is 14.3 Å². The summed E-state index contributed by atoms with van der Waals surface area (Å²) >= 11 is 0. The Morgan fingerprint density at radius 2 is 0.844 bits per heavy atom. The Hall–Kier alpha value is -1.32. The van der Waals surface area contributed by atoms with Crippen LogP contribution in [0.5, 0.6) is 0 Å². The van der Waals surface area contributed by atoms with Crippen molar-refractivity contribution in [1.29, 1.82) is 0 Å². The zero-order valence-corrected chi connectivity index (χ0v) is 30.4. The monoisotopic (exact) mass is 635 g/mol. The van der Waals surface area contributed by atoms with Crippen LogP contribution in [0.25, 0.3) is 0 Å². The highest BCUT2D eigenvalue weighted by molar-refractivity contribution is 5.69. The molecule has 0 amide bonds. The van der Waals surface area contributed by atoms with Gasteiger partial charge in [0.15, 0.2) is 0 Å². The summed E-state index contributed by atoms with van der Waals surface area (Å²) in [5, 5.41) is 8.65. The molecule has 0 aromatic heterocycles. The van der Waals surface area contributed by atoms with Crippen LogP contribution < -0.4 is 0 Å². The molecule has 45 heavy (non-hydrogen) atoms. The Labute approximate surface area is 281 Å². The van der Waals surface area contributed by atoms with E-state index in [1.807, 2.05) is 0 Å². The van der Waals surface area contributed by atoms with Gasteiger partial charge in [0.2, 0.25) is 0 Å². The second kappa shape index (κ2) is 37.1. The molecule has 0 spiro atoms. The lowest BCUT2D eigenvalue weighted by Crippen LogP contribution is -2.18. The molecule has 266 valence electrons. The Balaban J connectivity index is 3.49. The molecular formula is C41H78O4. The number of hydrogen-bond donors (Lipinski definition) is 1. The third kappa shape index (κ3) is 37.0. The molecule has 0 aliphatic heterocycles. The quantitative estimate of drug-likeness (QED) is 0.0419. The van der Waals surface area contributed by atoms with E-state index in [-0.39, 0.29) is 12.1 Å². The number of carboxylic acid groups (broad SMARTS) is 1. The number of unbranched alkanes of at least 4 members (excludes halogenated alkanes) is 26. The van der Waals surface area contributed by atoms with Crippen molar-refractivity contribution in [2.24, 2.45) is 0 Å². The van der Waals surface area contributed by atoms with E-state index in [0.717, 1.165) is 44.9 Å². The highest BCUT2D eigenvalue weighted by Crippen LogP contribution is 2.18. The Bertz CT molecular complexity index is 643. The molecule has 0 aromatic carbocycles. The lowest BCUT2D eigenvalue weighted by Gasteiger charge is -2.17. The zero-order valence-electron chi connectivity index (χ0n) is 30.4. The summed E-state index contributed by atoms with van der Waals surface area (Å²) in [6.07, 6.45) is 45.9. The van der Waals surface area contributed by atoms with E-state index in [1.165, 1.54) is 161 Å². The van der Waals surface area contributed by atoms with E-state index in [9.17, 15) is 9.59 Å². The average Bonchev–Trinajstić information content (AvgIpc) is 3.02. The number of carboxylic acids is 1. The van der Waals surface area contributed by atoms with E-state index in [4.69, 9.17) is 9.84 Å². The van der Waals surface area contributed by atoms with Gasteiger partial charge in [-0.2, -0.15) is 0 Å². The molecule has 1 unspecified atom stereocenters. The fourth-order valence-electron chi connectivity index (χ4n) is 6.29. The molecule has 0 rings (SSSR count). The van der Waals surface area contributed by atoms with Gasteiger partial charge in [-0.05, 0) is 57.8 Å². The van der Waals surface area contributed by atoms with Crippen molar-refractivity contribution in [2.45, 2.75) is 238 Å². The van der Waals surface area contributed by atoms with Crippen molar-refractivity contribution < 1.29 is 19.4 Å². The van der Waals surface area contributed by atoms with Gasteiger partial charge in [-0.3, -0.25) is 9.59 Å². The van der Waals surface area contributed by atoms with Crippen LogP contribution in [0.1, 0.15) is 232 Å². The van der Waals surface area contributed by atoms with Gasteiger partial charge in [0.1, 0.15) is 6.10 Å². The van der Waals surface area contributed by atoms with Crippen molar-refractivity contribution in [3.63, 3.8) is 0 Å². The van der Waals surface area contributed by atoms with Crippen LogP contribution in [0.2, 0.25) is 0 Å². The van der Waals surface area contributed by atoms with Crippen molar-refractivity contribution >= 4 is 11.9 Å². The van der Waals surface area contributed by atoms with Crippen molar-refractivity contribution in [1.82, 2.24) is 0 Å². The Kier molecular flexibility index (Phi) is 36.1. The normalized spacial score (nSPS) is 12.2. The molecule has 0 aromatic rings. The maximum absolute atomic E-state index is 12.4. The summed E-state index contributed by atoms with van der Waals surface area (Å²) in [6.45, 7) is 4.46. The van der Waals surface area contributed by atoms with Gasteiger partial charge in [-0.15, -0.1) is 0 Å². The number of ether oxygens (including phenoxy) is 1. The molecular weight excluding hydrogens is 556 g/mol. The fraction of sp³-hybridized carbons (Fsp3) is 0.902. The first-order chi connectivity index (χ1) is 22.1. The molecule has 1 N–H and O–H groups in total. The summed E-state index contributed by atoms with van der Waals surface area (Å²) < 4.78 is 5.88. The summed E-state index contributed by atoms with van der Waals surface area (Å²) in [4.78, 5) is 22.9. The number of esters is 1. The van der Waals surface area contributed by atoms with Gasteiger partial charge in [-0.1, -0.05) is 174 Å². The van der Waals surface area contributed by atoms with Crippen LogP contribution in [0.15, 0.2) is 12.2 Å². The minimum absolute atomic E-state index is 0.0301. The van der Waals surface area contributed by atoms with Gasteiger partial charge in [0.05, 0.1) is 0 Å². The van der Waals surface area contributed by atoms with Crippen LogP contribution >= 0.6 is 0 Å². The Morgan fingerprint density at radius 1 is 0.467 bits per heavy atom. The third-order valence-corrected chi connectivity index (χ3v) is 9.22. The largest absolute Gasteiger partial charge is 0.481 e. The lowest BCUT2D eigenvalue weighted by molar-refractivity contribution is -0.150. The maximum Gasteiger partial charge on any atom is 0.306 e. The topological polar surface area (TPSA) is 63.6 Å². The Morgan fingerprint density at radius 3 is 1.27 bits per heavy atom. The van der Waals surface area contributed by atoms with E-state index in [1.54, 1.807) is 0 Å². The van der Waals surface area contributed by atoms with E-state index < -0.39 is 5.97 Å². The number of allylic oxidation sites excluding steroid dienone is 2. The van der Waals surface area contributed by atoms with Crippen molar-refractivity contribution in [3.8, 4) is 0 Å². The SMILES string of the molecule is CCCCCC/C=C\CCCCCCCCC(=O)OC(CCC)CCCCCCCCCCCCCCCCCCCC(=O)O. The van der Waals surface area contributed by atoms with E-state index >= 15 is 0 Å². The van der Waals surface area contributed by atoms with Gasteiger partial charge < -0.3 is 9.84 Å². The van der Waals surface area contributed by atoms with Crippen LogP contribution in [0.3, 0.4) is 0 Å². The summed E-state index contributed by atoms with van der Waals surface area (Å²) in [5.41, 5.74) is 0. The molecule has 0 bridgehead atoms. The molecule has 0 fully saturated rings. The molecule has 1 atom stereocenters. The molecule has 4 heteroatoms. The molecule has 0 aliphatic rings. The summed E-state index contributed by atoms with van der Waals surface area (Å²) in [6, 6.07) is 0. The number of hydrogen-bond acceptors (Lipinski definition) is 3. The first-order valence-electron chi connectivity index (χ1n) is 20.2. The third-order valence-electron chi connectivity index (χ3n) is 9.22. The second-order valence-electron chi connectivity index (χ2n) is 13.8. The molecule has 4 nitrogen and oxygen atoms in total. The van der Waals surface area contributed by atoms with Gasteiger partial charge in [0, 0.05) is 12.8 Å². The summed E-state index contributed by atoms with van der Waals surface area (Å²) in [5.74, 6) is -0.631. The molecule has 0 saturated carbocycles. The second-order valence-corrected chi connectivity index (χ2v) is 13.8. The number of carbonyl (C=O) groups is 2. The minimum atomic E-state index is -0.661. The fourth-order valence-corrected chi connectivity index (χ4v) is 6.29. The predicted octanol–water partition coefficient (Wildman–Crippen LogP) is 13.8.